The molecule has 3 saturated heterocycles. The van der Waals surface area contributed by atoms with Crippen LogP contribution in [0.15, 0.2) is 0 Å². The molecule has 3 rings (SSSR count). The SMILES string of the molecule is CCC1CCC(C(=O)N2CC[C@@H]3CNC[C@@H]3CC2)O1. The second-order valence-corrected chi connectivity index (χ2v) is 6.31. The summed E-state index contributed by atoms with van der Waals surface area (Å²) in [6.45, 7) is 6.28. The standard InChI is InChI=1S/C15H26N2O2/c1-2-13-3-4-14(19-13)15(18)17-7-5-11-9-16-10-12(11)6-8-17/h11-14,16H,2-10H2,1H3/t11-,12+,13?,14?. The Labute approximate surface area is 115 Å². The molecule has 0 bridgehead atoms. The molecule has 4 atom stereocenters. The highest BCUT2D eigenvalue weighted by molar-refractivity contribution is 5.81. The third kappa shape index (κ3) is 2.79. The van der Waals surface area contributed by atoms with Crippen LogP contribution in [0.25, 0.3) is 0 Å². The number of carbonyl (C=O) groups excluding carboxylic acids is 1. The Hall–Kier alpha value is -0.610. The Balaban J connectivity index is 1.55. The topological polar surface area (TPSA) is 41.6 Å². The van der Waals surface area contributed by atoms with Gasteiger partial charge in [0, 0.05) is 13.1 Å². The van der Waals surface area contributed by atoms with Gasteiger partial charge in [-0.05, 0) is 57.0 Å². The minimum absolute atomic E-state index is 0.152. The van der Waals surface area contributed by atoms with Crippen molar-refractivity contribution in [3.8, 4) is 0 Å². The van der Waals surface area contributed by atoms with Gasteiger partial charge in [0.05, 0.1) is 6.10 Å². The molecule has 3 fully saturated rings. The maximum absolute atomic E-state index is 12.5. The van der Waals surface area contributed by atoms with Crippen molar-refractivity contribution in [3.63, 3.8) is 0 Å². The first-order chi connectivity index (χ1) is 9.28. The first-order valence-electron chi connectivity index (χ1n) is 7.93. The summed E-state index contributed by atoms with van der Waals surface area (Å²) < 4.78 is 5.86. The van der Waals surface area contributed by atoms with E-state index in [0.717, 1.165) is 70.1 Å². The molecule has 3 aliphatic heterocycles. The van der Waals surface area contributed by atoms with Gasteiger partial charge in [-0.1, -0.05) is 6.92 Å². The van der Waals surface area contributed by atoms with Gasteiger partial charge >= 0.3 is 0 Å². The highest BCUT2D eigenvalue weighted by Crippen LogP contribution is 2.29. The summed E-state index contributed by atoms with van der Waals surface area (Å²) in [6.07, 6.45) is 5.48. The van der Waals surface area contributed by atoms with E-state index in [9.17, 15) is 4.79 Å². The van der Waals surface area contributed by atoms with Crippen molar-refractivity contribution < 1.29 is 9.53 Å². The molecule has 0 radical (unpaired) electrons. The molecular weight excluding hydrogens is 240 g/mol. The van der Waals surface area contributed by atoms with Crippen LogP contribution in [0.3, 0.4) is 0 Å². The van der Waals surface area contributed by atoms with E-state index in [1.54, 1.807) is 0 Å². The fourth-order valence-corrected chi connectivity index (χ4v) is 3.83. The van der Waals surface area contributed by atoms with Crippen LogP contribution in [0.2, 0.25) is 0 Å². The summed E-state index contributed by atoms with van der Waals surface area (Å²) in [5, 5.41) is 3.48. The van der Waals surface area contributed by atoms with E-state index in [2.05, 4.69) is 17.1 Å². The van der Waals surface area contributed by atoms with Gasteiger partial charge in [-0.2, -0.15) is 0 Å². The number of amides is 1. The summed E-state index contributed by atoms with van der Waals surface area (Å²) in [7, 11) is 0. The molecule has 0 aromatic carbocycles. The van der Waals surface area contributed by atoms with Crippen LogP contribution in [0.1, 0.15) is 39.0 Å². The van der Waals surface area contributed by atoms with Gasteiger partial charge < -0.3 is 15.0 Å². The zero-order chi connectivity index (χ0) is 13.2. The smallest absolute Gasteiger partial charge is 0.251 e. The minimum atomic E-state index is -0.152. The molecule has 4 nitrogen and oxygen atoms in total. The van der Waals surface area contributed by atoms with Crippen LogP contribution in [-0.2, 0) is 9.53 Å². The third-order valence-electron chi connectivity index (χ3n) is 5.17. The minimum Gasteiger partial charge on any atom is -0.365 e. The monoisotopic (exact) mass is 266 g/mol. The molecule has 0 aromatic heterocycles. The van der Waals surface area contributed by atoms with Gasteiger partial charge in [-0.3, -0.25) is 4.79 Å². The first kappa shape index (κ1) is 13.4. The zero-order valence-corrected chi connectivity index (χ0v) is 11.9. The summed E-state index contributed by atoms with van der Waals surface area (Å²) in [4.78, 5) is 14.6. The molecule has 3 heterocycles. The molecule has 108 valence electrons. The van der Waals surface area contributed by atoms with Crippen molar-refractivity contribution in [2.24, 2.45) is 11.8 Å². The van der Waals surface area contributed by atoms with E-state index >= 15 is 0 Å². The number of hydrogen-bond acceptors (Lipinski definition) is 3. The Morgan fingerprint density at radius 3 is 2.42 bits per heavy atom. The Morgan fingerprint density at radius 1 is 1.16 bits per heavy atom. The lowest BCUT2D eigenvalue weighted by molar-refractivity contribution is -0.143. The van der Waals surface area contributed by atoms with Crippen LogP contribution in [-0.4, -0.2) is 49.2 Å². The Bertz CT molecular complexity index is 320. The lowest BCUT2D eigenvalue weighted by atomic mass is 9.92. The summed E-state index contributed by atoms with van der Waals surface area (Å²) in [5.41, 5.74) is 0. The second kappa shape index (κ2) is 5.80. The lowest BCUT2D eigenvalue weighted by Crippen LogP contribution is -2.40. The van der Waals surface area contributed by atoms with E-state index in [0.29, 0.717) is 6.10 Å². The number of nitrogens with one attached hydrogen (secondary N) is 1. The van der Waals surface area contributed by atoms with Crippen LogP contribution < -0.4 is 5.32 Å². The van der Waals surface area contributed by atoms with E-state index in [1.165, 1.54) is 0 Å². The second-order valence-electron chi connectivity index (χ2n) is 6.31. The highest BCUT2D eigenvalue weighted by Gasteiger charge is 2.36. The summed E-state index contributed by atoms with van der Waals surface area (Å²) in [6, 6.07) is 0. The zero-order valence-electron chi connectivity index (χ0n) is 11.9. The molecule has 3 aliphatic rings. The van der Waals surface area contributed by atoms with Gasteiger partial charge in [0.2, 0.25) is 0 Å². The number of hydrogen-bond donors (Lipinski definition) is 1. The fraction of sp³-hybridized carbons (Fsp3) is 0.933. The number of ether oxygens (including phenoxy) is 1. The van der Waals surface area contributed by atoms with Gasteiger partial charge in [0.1, 0.15) is 6.10 Å². The van der Waals surface area contributed by atoms with Crippen molar-refractivity contribution in [1.29, 1.82) is 0 Å². The largest absolute Gasteiger partial charge is 0.365 e. The highest BCUT2D eigenvalue weighted by atomic mass is 16.5. The Morgan fingerprint density at radius 2 is 1.84 bits per heavy atom. The van der Waals surface area contributed by atoms with E-state index in [-0.39, 0.29) is 12.0 Å². The van der Waals surface area contributed by atoms with E-state index in [4.69, 9.17) is 4.74 Å². The van der Waals surface area contributed by atoms with Crippen molar-refractivity contribution in [2.45, 2.75) is 51.2 Å². The maximum atomic E-state index is 12.5. The summed E-state index contributed by atoms with van der Waals surface area (Å²) in [5.74, 6) is 1.82. The van der Waals surface area contributed by atoms with E-state index in [1.807, 2.05) is 0 Å². The quantitative estimate of drug-likeness (QED) is 0.821. The van der Waals surface area contributed by atoms with Crippen LogP contribution in [0.5, 0.6) is 0 Å². The third-order valence-corrected chi connectivity index (χ3v) is 5.17. The molecule has 1 N–H and O–H groups in total. The molecule has 0 spiro atoms. The lowest BCUT2D eigenvalue weighted by Gasteiger charge is -2.24. The molecule has 19 heavy (non-hydrogen) atoms. The van der Waals surface area contributed by atoms with Gasteiger partial charge in [-0.25, -0.2) is 0 Å². The van der Waals surface area contributed by atoms with E-state index < -0.39 is 0 Å². The van der Waals surface area contributed by atoms with Gasteiger partial charge in [-0.15, -0.1) is 0 Å². The number of likely N-dealkylation sites (tertiary alicyclic amines) is 1. The maximum Gasteiger partial charge on any atom is 0.251 e. The Kier molecular flexibility index (Phi) is 4.08. The van der Waals surface area contributed by atoms with Gasteiger partial charge in [0.25, 0.3) is 5.91 Å². The predicted octanol–water partition coefficient (Wildman–Crippen LogP) is 1.40. The van der Waals surface area contributed by atoms with Crippen LogP contribution >= 0.6 is 0 Å². The number of carbonyl (C=O) groups is 1. The fourth-order valence-electron chi connectivity index (χ4n) is 3.83. The molecule has 0 saturated carbocycles. The average molecular weight is 266 g/mol. The summed E-state index contributed by atoms with van der Waals surface area (Å²) >= 11 is 0. The molecule has 4 heteroatoms. The van der Waals surface area contributed by atoms with Gasteiger partial charge in [0.15, 0.2) is 0 Å². The van der Waals surface area contributed by atoms with Crippen molar-refractivity contribution >= 4 is 5.91 Å². The first-order valence-corrected chi connectivity index (χ1v) is 7.93. The van der Waals surface area contributed by atoms with Crippen molar-refractivity contribution in [3.05, 3.63) is 0 Å². The molecule has 0 aromatic rings. The number of nitrogens with zero attached hydrogens (tertiary/aromatic N) is 1. The number of fused-ring (bicyclic) bond motifs is 1. The number of rotatable bonds is 2. The molecule has 2 unspecified atom stereocenters. The van der Waals surface area contributed by atoms with Crippen LogP contribution in [0.4, 0.5) is 0 Å². The van der Waals surface area contributed by atoms with Crippen molar-refractivity contribution in [1.82, 2.24) is 10.2 Å². The van der Waals surface area contributed by atoms with Crippen LogP contribution in [0, 0.1) is 11.8 Å². The average Bonchev–Trinajstić information content (AvgIpc) is 3.04. The predicted molar refractivity (Wildman–Crippen MR) is 73.8 cm³/mol. The molecule has 0 aliphatic carbocycles. The van der Waals surface area contributed by atoms with Crippen molar-refractivity contribution in [2.75, 3.05) is 26.2 Å². The molecular formula is C15H26N2O2. The normalized spacial score (nSPS) is 39.1. The molecule has 1 amide bonds.